The topological polar surface area (TPSA) is 88.3 Å². The van der Waals surface area contributed by atoms with Crippen LogP contribution in [0.3, 0.4) is 0 Å². The van der Waals surface area contributed by atoms with Crippen molar-refractivity contribution in [3.8, 4) is 11.5 Å². The summed E-state index contributed by atoms with van der Waals surface area (Å²) in [6.07, 6.45) is 0.229. The van der Waals surface area contributed by atoms with Gasteiger partial charge in [0.05, 0.1) is 17.1 Å². The molecule has 1 aliphatic rings. The minimum absolute atomic E-state index is 0.106. The number of carbonyl (C=O) groups is 2. The molecule has 3 aromatic rings. The molecule has 9 heteroatoms. The molecule has 2 aromatic carbocycles. The minimum atomic E-state index is -0.265. The molecule has 2 amide bonds. The van der Waals surface area contributed by atoms with Gasteiger partial charge in [-0.2, -0.15) is 0 Å². The Morgan fingerprint density at radius 2 is 2.00 bits per heavy atom. The van der Waals surface area contributed by atoms with Gasteiger partial charge in [-0.15, -0.1) is 10.2 Å². The molecule has 148 valence electrons. The van der Waals surface area contributed by atoms with Crippen LogP contribution in [0, 0.1) is 0 Å². The highest BCUT2D eigenvalue weighted by Gasteiger charge is 2.29. The van der Waals surface area contributed by atoms with E-state index in [-0.39, 0.29) is 30.0 Å². The molecule has 4 rings (SSSR count). The number of anilines is 2. The minimum Gasteiger partial charge on any atom is -0.411 e. The molecule has 1 unspecified atom stereocenters. The fourth-order valence-corrected chi connectivity index (χ4v) is 3.89. The summed E-state index contributed by atoms with van der Waals surface area (Å²) in [5.74, 6) is 0.213. The van der Waals surface area contributed by atoms with Crippen LogP contribution < -0.4 is 10.2 Å². The van der Waals surface area contributed by atoms with Gasteiger partial charge in [0.2, 0.25) is 17.7 Å². The van der Waals surface area contributed by atoms with E-state index >= 15 is 0 Å². The van der Waals surface area contributed by atoms with Gasteiger partial charge >= 0.3 is 0 Å². The van der Waals surface area contributed by atoms with E-state index in [1.807, 2.05) is 25.1 Å². The first-order chi connectivity index (χ1) is 14.0. The number of para-hydroxylation sites is 2. The second-order valence-corrected chi connectivity index (χ2v) is 7.91. The average molecular weight is 429 g/mol. The summed E-state index contributed by atoms with van der Waals surface area (Å²) in [5.41, 5.74) is 2.06. The number of halogens is 1. The molecular weight excluding hydrogens is 412 g/mol. The summed E-state index contributed by atoms with van der Waals surface area (Å²) in [6.45, 7) is 1.86. The molecule has 1 atom stereocenters. The SMILES string of the molecule is CC1CC(=O)Nc2ccccc2N1C(=O)CSc1nnc(-c2ccc(Cl)cc2)o1. The Morgan fingerprint density at radius 1 is 1.24 bits per heavy atom. The third-order valence-electron chi connectivity index (χ3n) is 4.44. The van der Waals surface area contributed by atoms with Gasteiger partial charge in [-0.3, -0.25) is 9.59 Å². The van der Waals surface area contributed by atoms with Crippen molar-refractivity contribution < 1.29 is 14.0 Å². The standard InChI is InChI=1S/C20H17ClN4O3S/c1-12-10-17(26)22-15-4-2-3-5-16(15)25(12)18(27)11-29-20-24-23-19(28-20)13-6-8-14(21)9-7-13/h2-9,12H,10-11H2,1H3,(H,22,26). The van der Waals surface area contributed by atoms with Crippen LogP contribution in [-0.4, -0.2) is 33.8 Å². The van der Waals surface area contributed by atoms with Crippen LogP contribution in [0.4, 0.5) is 11.4 Å². The van der Waals surface area contributed by atoms with Gasteiger partial charge in [0.1, 0.15) is 0 Å². The summed E-state index contributed by atoms with van der Waals surface area (Å²) >= 11 is 7.05. The normalized spacial score (nSPS) is 16.1. The number of amides is 2. The van der Waals surface area contributed by atoms with Crippen molar-refractivity contribution in [3.05, 3.63) is 53.6 Å². The Hall–Kier alpha value is -2.84. The lowest BCUT2D eigenvalue weighted by Crippen LogP contribution is -2.40. The van der Waals surface area contributed by atoms with Crippen molar-refractivity contribution in [2.45, 2.75) is 24.6 Å². The average Bonchev–Trinajstić information content (AvgIpc) is 3.12. The zero-order valence-corrected chi connectivity index (χ0v) is 17.0. The van der Waals surface area contributed by atoms with Crippen molar-refractivity contribution >= 4 is 46.6 Å². The first-order valence-electron chi connectivity index (χ1n) is 8.94. The molecule has 1 N–H and O–H groups in total. The largest absolute Gasteiger partial charge is 0.411 e. The van der Waals surface area contributed by atoms with Crippen molar-refractivity contribution in [1.82, 2.24) is 10.2 Å². The van der Waals surface area contributed by atoms with Gasteiger partial charge in [0, 0.05) is 23.0 Å². The van der Waals surface area contributed by atoms with E-state index in [0.29, 0.717) is 27.5 Å². The zero-order valence-electron chi connectivity index (χ0n) is 15.5. The lowest BCUT2D eigenvalue weighted by Gasteiger charge is -2.27. The molecule has 0 bridgehead atoms. The van der Waals surface area contributed by atoms with Gasteiger partial charge < -0.3 is 14.6 Å². The van der Waals surface area contributed by atoms with E-state index in [2.05, 4.69) is 15.5 Å². The molecule has 0 radical (unpaired) electrons. The number of benzene rings is 2. The van der Waals surface area contributed by atoms with E-state index in [0.717, 1.165) is 17.3 Å². The van der Waals surface area contributed by atoms with Crippen LogP contribution in [0.5, 0.6) is 0 Å². The third kappa shape index (κ3) is 4.28. The zero-order chi connectivity index (χ0) is 20.4. The highest BCUT2D eigenvalue weighted by atomic mass is 35.5. The summed E-state index contributed by atoms with van der Waals surface area (Å²) in [7, 11) is 0. The molecule has 0 spiro atoms. The predicted molar refractivity (Wildman–Crippen MR) is 112 cm³/mol. The van der Waals surface area contributed by atoms with Gasteiger partial charge in [-0.1, -0.05) is 35.5 Å². The Morgan fingerprint density at radius 3 is 2.79 bits per heavy atom. The van der Waals surface area contributed by atoms with Crippen molar-refractivity contribution in [2.75, 3.05) is 16.0 Å². The predicted octanol–water partition coefficient (Wildman–Crippen LogP) is 4.25. The highest BCUT2D eigenvalue weighted by Crippen LogP contribution is 2.32. The fourth-order valence-electron chi connectivity index (χ4n) is 3.14. The Kier molecular flexibility index (Phi) is 5.55. The summed E-state index contributed by atoms with van der Waals surface area (Å²) in [5, 5.41) is 11.8. The number of fused-ring (bicyclic) bond motifs is 1. The first-order valence-corrected chi connectivity index (χ1v) is 10.3. The number of carbonyl (C=O) groups excluding carboxylic acids is 2. The van der Waals surface area contributed by atoms with Gasteiger partial charge in [-0.05, 0) is 43.3 Å². The smallest absolute Gasteiger partial charge is 0.277 e. The molecule has 0 saturated carbocycles. The van der Waals surface area contributed by atoms with E-state index in [1.54, 1.807) is 35.2 Å². The van der Waals surface area contributed by atoms with Crippen molar-refractivity contribution in [1.29, 1.82) is 0 Å². The van der Waals surface area contributed by atoms with E-state index in [9.17, 15) is 9.59 Å². The summed E-state index contributed by atoms with van der Waals surface area (Å²) in [6, 6.07) is 14.1. The molecule has 7 nitrogen and oxygen atoms in total. The summed E-state index contributed by atoms with van der Waals surface area (Å²) in [4.78, 5) is 26.7. The number of rotatable bonds is 4. The molecule has 2 heterocycles. The van der Waals surface area contributed by atoms with Crippen LogP contribution in [0.15, 0.2) is 58.2 Å². The summed E-state index contributed by atoms with van der Waals surface area (Å²) < 4.78 is 5.65. The number of hydrogen-bond acceptors (Lipinski definition) is 6. The monoisotopic (exact) mass is 428 g/mol. The van der Waals surface area contributed by atoms with E-state index in [1.165, 1.54) is 0 Å². The molecule has 29 heavy (non-hydrogen) atoms. The first kappa shape index (κ1) is 19.5. The van der Waals surface area contributed by atoms with E-state index < -0.39 is 0 Å². The Labute approximate surface area is 176 Å². The van der Waals surface area contributed by atoms with Gasteiger partial charge in [0.25, 0.3) is 5.22 Å². The molecular formula is C20H17ClN4O3S. The molecule has 1 aromatic heterocycles. The van der Waals surface area contributed by atoms with Crippen LogP contribution in [0.25, 0.3) is 11.5 Å². The van der Waals surface area contributed by atoms with Gasteiger partial charge in [0.15, 0.2) is 0 Å². The number of aromatic nitrogens is 2. The van der Waals surface area contributed by atoms with Crippen LogP contribution >= 0.6 is 23.4 Å². The lowest BCUT2D eigenvalue weighted by molar-refractivity contribution is -0.117. The number of nitrogens with zero attached hydrogens (tertiary/aromatic N) is 3. The molecule has 1 aliphatic heterocycles. The second kappa shape index (κ2) is 8.26. The Bertz CT molecular complexity index is 1050. The number of hydrogen-bond donors (Lipinski definition) is 1. The number of nitrogens with one attached hydrogen (secondary N) is 1. The fraction of sp³-hybridized carbons (Fsp3) is 0.200. The number of thioether (sulfide) groups is 1. The lowest BCUT2D eigenvalue weighted by atomic mass is 10.2. The quantitative estimate of drug-likeness (QED) is 0.625. The Balaban J connectivity index is 1.48. The van der Waals surface area contributed by atoms with Crippen molar-refractivity contribution in [3.63, 3.8) is 0 Å². The van der Waals surface area contributed by atoms with E-state index in [4.69, 9.17) is 16.0 Å². The van der Waals surface area contributed by atoms with Crippen LogP contribution in [-0.2, 0) is 9.59 Å². The van der Waals surface area contributed by atoms with Crippen LogP contribution in [0.1, 0.15) is 13.3 Å². The maximum Gasteiger partial charge on any atom is 0.277 e. The molecule has 0 aliphatic carbocycles. The molecule has 0 saturated heterocycles. The second-order valence-electron chi connectivity index (χ2n) is 6.55. The highest BCUT2D eigenvalue weighted by molar-refractivity contribution is 7.99. The van der Waals surface area contributed by atoms with Crippen LogP contribution in [0.2, 0.25) is 5.02 Å². The maximum absolute atomic E-state index is 13.0. The van der Waals surface area contributed by atoms with Gasteiger partial charge in [-0.25, -0.2) is 0 Å². The maximum atomic E-state index is 13.0. The third-order valence-corrected chi connectivity index (χ3v) is 5.50. The van der Waals surface area contributed by atoms with Crippen molar-refractivity contribution in [2.24, 2.45) is 0 Å². The molecule has 0 fully saturated rings.